The van der Waals surface area contributed by atoms with Gasteiger partial charge in [0.05, 0.1) is 4.47 Å². The van der Waals surface area contributed by atoms with E-state index in [-0.39, 0.29) is 18.1 Å². The first kappa shape index (κ1) is 19.5. The summed E-state index contributed by atoms with van der Waals surface area (Å²) in [7, 11) is 1.92. The molecule has 1 aromatic heterocycles. The Bertz CT molecular complexity index is 1080. The Hall–Kier alpha value is -2.51. The number of aryl methyl sites for hydroxylation is 1. The Kier molecular flexibility index (Phi) is 4.95. The first-order valence-corrected chi connectivity index (χ1v) is 10.9. The molecular formula is C23H23BrN2O4. The molecule has 3 aromatic rings. The van der Waals surface area contributed by atoms with E-state index in [4.69, 9.17) is 14.2 Å². The van der Waals surface area contributed by atoms with Crippen LogP contribution in [0.15, 0.2) is 46.9 Å². The Morgan fingerprint density at radius 1 is 1.13 bits per heavy atom. The molecule has 1 saturated heterocycles. The van der Waals surface area contributed by atoms with Gasteiger partial charge in [0.2, 0.25) is 6.79 Å². The van der Waals surface area contributed by atoms with Crippen molar-refractivity contribution in [3.63, 3.8) is 0 Å². The molecule has 7 heteroatoms. The third-order valence-corrected chi connectivity index (χ3v) is 7.09. The van der Waals surface area contributed by atoms with Crippen LogP contribution in [-0.2, 0) is 17.2 Å². The maximum absolute atomic E-state index is 13.2. The van der Waals surface area contributed by atoms with Gasteiger partial charge < -0.3 is 24.1 Å². The third-order valence-electron chi connectivity index (χ3n) is 6.28. The number of ether oxygens (including phenoxy) is 3. The number of benzene rings is 2. The van der Waals surface area contributed by atoms with Crippen molar-refractivity contribution in [3.8, 4) is 11.5 Å². The van der Waals surface area contributed by atoms with Crippen LogP contribution in [0.4, 0.5) is 0 Å². The number of para-hydroxylation sites is 1. The van der Waals surface area contributed by atoms with Crippen LogP contribution < -0.4 is 14.8 Å². The number of carbonyl (C=O) groups is 1. The van der Waals surface area contributed by atoms with E-state index in [1.165, 1.54) is 0 Å². The predicted molar refractivity (Wildman–Crippen MR) is 117 cm³/mol. The fraction of sp³-hybridized carbons (Fsp3) is 0.348. The van der Waals surface area contributed by atoms with Gasteiger partial charge in [-0.25, -0.2) is 0 Å². The highest BCUT2D eigenvalue weighted by atomic mass is 79.9. The number of nitrogens with zero attached hydrogens (tertiary/aromatic N) is 1. The summed E-state index contributed by atoms with van der Waals surface area (Å²) in [5, 5.41) is 4.23. The first-order valence-electron chi connectivity index (χ1n) is 10.1. The highest BCUT2D eigenvalue weighted by molar-refractivity contribution is 9.10. The number of fused-ring (bicyclic) bond motifs is 2. The summed E-state index contributed by atoms with van der Waals surface area (Å²) in [5.74, 6) is 1.44. The summed E-state index contributed by atoms with van der Waals surface area (Å²) in [6, 6.07) is 14.1. The van der Waals surface area contributed by atoms with Crippen LogP contribution in [0.5, 0.6) is 11.5 Å². The average molecular weight is 471 g/mol. The van der Waals surface area contributed by atoms with Crippen LogP contribution in [0.25, 0.3) is 10.9 Å². The Balaban J connectivity index is 1.43. The average Bonchev–Trinajstić information content (AvgIpc) is 3.35. The molecule has 2 aliphatic rings. The number of nitrogens with one attached hydrogen (secondary N) is 1. The van der Waals surface area contributed by atoms with Crippen molar-refractivity contribution in [2.24, 2.45) is 7.05 Å². The van der Waals surface area contributed by atoms with E-state index >= 15 is 0 Å². The lowest BCUT2D eigenvalue weighted by Crippen LogP contribution is -2.45. The monoisotopic (exact) mass is 470 g/mol. The lowest BCUT2D eigenvalue weighted by Gasteiger charge is -2.38. The fourth-order valence-electron chi connectivity index (χ4n) is 4.49. The van der Waals surface area contributed by atoms with Crippen LogP contribution in [0, 0.1) is 0 Å². The molecule has 1 N–H and O–H groups in total. The molecule has 2 aliphatic heterocycles. The molecule has 30 heavy (non-hydrogen) atoms. The van der Waals surface area contributed by atoms with Crippen LogP contribution in [0.1, 0.15) is 28.9 Å². The minimum absolute atomic E-state index is 0.0906. The van der Waals surface area contributed by atoms with Crippen LogP contribution >= 0.6 is 15.9 Å². The topological polar surface area (TPSA) is 61.7 Å². The number of carbonyl (C=O) groups excluding carboxylic acids is 1. The predicted octanol–water partition coefficient (Wildman–Crippen LogP) is 4.15. The molecular weight excluding hydrogens is 448 g/mol. The van der Waals surface area contributed by atoms with Crippen LogP contribution in [-0.4, -0.2) is 37.0 Å². The molecule has 156 valence electrons. The molecule has 0 unspecified atom stereocenters. The lowest BCUT2D eigenvalue weighted by atomic mass is 9.74. The summed E-state index contributed by atoms with van der Waals surface area (Å²) in [6.07, 6.45) is 1.67. The third kappa shape index (κ3) is 3.17. The van der Waals surface area contributed by atoms with Crippen molar-refractivity contribution in [3.05, 3.63) is 58.2 Å². The lowest BCUT2D eigenvalue weighted by molar-refractivity contribution is 0.0485. The largest absolute Gasteiger partial charge is 0.454 e. The minimum atomic E-state index is -0.202. The zero-order chi connectivity index (χ0) is 20.7. The second kappa shape index (κ2) is 7.63. The first-order chi connectivity index (χ1) is 14.6. The van der Waals surface area contributed by atoms with Crippen LogP contribution in [0.2, 0.25) is 0 Å². The Labute approximate surface area is 183 Å². The second-order valence-corrected chi connectivity index (χ2v) is 8.68. The number of rotatable bonds is 4. The molecule has 0 radical (unpaired) electrons. The maximum Gasteiger partial charge on any atom is 0.269 e. The zero-order valence-electron chi connectivity index (χ0n) is 16.7. The van der Waals surface area contributed by atoms with Crippen molar-refractivity contribution in [2.75, 3.05) is 26.6 Å². The zero-order valence-corrected chi connectivity index (χ0v) is 18.3. The molecule has 1 amide bonds. The fourth-order valence-corrected chi connectivity index (χ4v) is 5.27. The van der Waals surface area contributed by atoms with Crippen molar-refractivity contribution in [1.29, 1.82) is 0 Å². The van der Waals surface area contributed by atoms with Gasteiger partial charge in [-0.05, 0) is 52.5 Å². The molecule has 2 aromatic carbocycles. The van der Waals surface area contributed by atoms with Gasteiger partial charge in [-0.2, -0.15) is 0 Å². The molecule has 3 heterocycles. The smallest absolute Gasteiger partial charge is 0.269 e. The van der Waals surface area contributed by atoms with E-state index in [2.05, 4.69) is 27.3 Å². The van der Waals surface area contributed by atoms with Gasteiger partial charge >= 0.3 is 0 Å². The Morgan fingerprint density at radius 2 is 1.90 bits per heavy atom. The van der Waals surface area contributed by atoms with Crippen molar-refractivity contribution >= 4 is 32.7 Å². The van der Waals surface area contributed by atoms with Gasteiger partial charge in [0.15, 0.2) is 11.5 Å². The number of hydrogen-bond donors (Lipinski definition) is 1. The molecule has 0 spiro atoms. The van der Waals surface area contributed by atoms with E-state index < -0.39 is 0 Å². The second-order valence-electron chi connectivity index (χ2n) is 7.88. The SMILES string of the molecule is Cn1c(C(=O)NCC2(c3ccc4c(c3)OCO4)CCOCC2)c(Br)c2ccccc21. The molecule has 0 aliphatic carbocycles. The van der Waals surface area contributed by atoms with E-state index in [9.17, 15) is 4.79 Å². The van der Waals surface area contributed by atoms with E-state index in [1.807, 2.05) is 48.0 Å². The van der Waals surface area contributed by atoms with Gasteiger partial charge in [-0.3, -0.25) is 4.79 Å². The van der Waals surface area contributed by atoms with Crippen LogP contribution in [0.3, 0.4) is 0 Å². The Morgan fingerprint density at radius 3 is 2.70 bits per heavy atom. The number of halogens is 1. The summed E-state index contributed by atoms with van der Waals surface area (Å²) in [4.78, 5) is 13.2. The number of aromatic nitrogens is 1. The van der Waals surface area contributed by atoms with E-state index in [0.29, 0.717) is 25.5 Å². The molecule has 0 saturated carbocycles. The van der Waals surface area contributed by atoms with Crippen molar-refractivity contribution < 1.29 is 19.0 Å². The quantitative estimate of drug-likeness (QED) is 0.621. The summed E-state index contributed by atoms with van der Waals surface area (Å²) < 4.78 is 19.4. The standard InChI is InChI=1S/C23H23BrN2O4/c1-26-17-5-3-2-4-16(17)20(24)21(26)22(27)25-13-23(8-10-28-11-9-23)15-6-7-18-19(12-15)30-14-29-18/h2-7,12H,8-11,13-14H2,1H3,(H,25,27). The molecule has 6 nitrogen and oxygen atoms in total. The summed E-state index contributed by atoms with van der Waals surface area (Å²) >= 11 is 3.63. The highest BCUT2D eigenvalue weighted by Gasteiger charge is 2.36. The van der Waals surface area contributed by atoms with Gasteiger partial charge in [-0.1, -0.05) is 24.3 Å². The number of hydrogen-bond acceptors (Lipinski definition) is 4. The minimum Gasteiger partial charge on any atom is -0.454 e. The number of amides is 1. The van der Waals surface area contributed by atoms with Gasteiger partial charge in [-0.15, -0.1) is 0 Å². The maximum atomic E-state index is 13.2. The van der Waals surface area contributed by atoms with E-state index in [0.717, 1.165) is 45.3 Å². The van der Waals surface area contributed by atoms with Gasteiger partial charge in [0.25, 0.3) is 5.91 Å². The molecule has 1 fully saturated rings. The molecule has 5 rings (SSSR count). The normalized spacial score (nSPS) is 17.3. The molecule has 0 atom stereocenters. The highest BCUT2D eigenvalue weighted by Crippen LogP contribution is 2.40. The van der Waals surface area contributed by atoms with Gasteiger partial charge in [0, 0.05) is 43.1 Å². The summed E-state index contributed by atoms with van der Waals surface area (Å²) in [5.41, 5.74) is 2.59. The summed E-state index contributed by atoms with van der Waals surface area (Å²) in [6.45, 7) is 2.12. The van der Waals surface area contributed by atoms with Crippen molar-refractivity contribution in [2.45, 2.75) is 18.3 Å². The molecule has 0 bridgehead atoms. The van der Waals surface area contributed by atoms with E-state index in [1.54, 1.807) is 0 Å². The van der Waals surface area contributed by atoms with Crippen molar-refractivity contribution in [1.82, 2.24) is 9.88 Å². The van der Waals surface area contributed by atoms with Gasteiger partial charge in [0.1, 0.15) is 5.69 Å².